The van der Waals surface area contributed by atoms with Gasteiger partial charge in [-0.15, -0.1) is 0 Å². The largest absolute Gasteiger partial charge is 0.481 e. The molecule has 0 aliphatic heterocycles. The summed E-state index contributed by atoms with van der Waals surface area (Å²) in [6.45, 7) is -0.172. The number of hydrogen-bond acceptors (Lipinski definition) is 7. The van der Waals surface area contributed by atoms with Crippen LogP contribution in [-0.2, 0) is 24.0 Å². The topological polar surface area (TPSA) is 160 Å². The van der Waals surface area contributed by atoms with Crippen molar-refractivity contribution in [1.29, 1.82) is 0 Å². The molecule has 226 valence electrons. The zero-order valence-electron chi connectivity index (χ0n) is 22.2. The number of ether oxygens (including phenoxy) is 2. The molecule has 0 aliphatic rings. The van der Waals surface area contributed by atoms with E-state index in [2.05, 4.69) is 15.4 Å². The predicted molar refractivity (Wildman–Crippen MR) is 140 cm³/mol. The van der Waals surface area contributed by atoms with E-state index in [0.29, 0.717) is 5.75 Å². The number of hydrogen-bond donors (Lipinski definition) is 4. The van der Waals surface area contributed by atoms with E-state index in [1.807, 2.05) is 5.32 Å². The summed E-state index contributed by atoms with van der Waals surface area (Å²) in [6, 6.07) is 11.3. The summed E-state index contributed by atoms with van der Waals surface area (Å²) in [5.74, 6) is -14.8. The van der Waals surface area contributed by atoms with Gasteiger partial charge in [0, 0.05) is 6.07 Å². The van der Waals surface area contributed by atoms with Crippen LogP contribution in [0.1, 0.15) is 13.3 Å². The number of para-hydroxylation sites is 3. The van der Waals surface area contributed by atoms with Crippen LogP contribution in [0.5, 0.6) is 17.2 Å². The third kappa shape index (κ3) is 8.76. The van der Waals surface area contributed by atoms with Crippen LogP contribution in [0, 0.1) is 23.3 Å². The fourth-order valence-electron chi connectivity index (χ4n) is 3.42. The summed E-state index contributed by atoms with van der Waals surface area (Å²) < 4.78 is 64.6. The number of halogens is 4. The summed E-state index contributed by atoms with van der Waals surface area (Å²) in [5.41, 5.74) is 0.127. The van der Waals surface area contributed by atoms with Crippen LogP contribution in [0.4, 0.5) is 23.2 Å². The van der Waals surface area contributed by atoms with Gasteiger partial charge in [0.05, 0.1) is 12.1 Å². The molecule has 3 aromatic carbocycles. The molecule has 0 saturated carbocycles. The van der Waals surface area contributed by atoms with Crippen molar-refractivity contribution < 1.29 is 56.1 Å². The molecule has 0 aliphatic carbocycles. The standard InChI is InChI=1S/C28H23F4N3O8/c1-14(33-27(40)28(41)34-18-9-5-6-10-21(18)43-15-7-3-2-4-8-15)26(39)35-19(12-22(37)38)20(36)13-42-25-23(31)16(29)11-17(30)24(25)32/h2-11,14,19H,12-13H2,1H3,(H,33,40)(H,34,41)(H,35,39)(H,37,38)/t14-,19-/m0/s1. The van der Waals surface area contributed by atoms with E-state index in [4.69, 9.17) is 9.84 Å². The molecule has 2 atom stereocenters. The van der Waals surface area contributed by atoms with Crippen molar-refractivity contribution in [2.45, 2.75) is 25.4 Å². The zero-order valence-corrected chi connectivity index (χ0v) is 22.2. The molecule has 0 saturated heterocycles. The second-order valence-corrected chi connectivity index (χ2v) is 8.77. The van der Waals surface area contributed by atoms with E-state index >= 15 is 0 Å². The minimum atomic E-state index is -1.94. The maximum absolute atomic E-state index is 13.8. The Hall–Kier alpha value is -5.47. The number of benzene rings is 3. The number of aliphatic carboxylic acids is 1. The van der Waals surface area contributed by atoms with E-state index in [9.17, 15) is 41.5 Å². The highest BCUT2D eigenvalue weighted by atomic mass is 19.2. The number of Topliss-reactive ketones (excluding diaryl/α,β-unsaturated/α-hetero) is 1. The van der Waals surface area contributed by atoms with Gasteiger partial charge in [0.1, 0.15) is 24.4 Å². The molecule has 15 heteroatoms. The second kappa shape index (κ2) is 14.4. The number of anilines is 1. The summed E-state index contributed by atoms with van der Waals surface area (Å²) in [6.07, 6.45) is -1.03. The third-order valence-electron chi connectivity index (χ3n) is 5.57. The third-order valence-corrected chi connectivity index (χ3v) is 5.57. The van der Waals surface area contributed by atoms with Crippen molar-refractivity contribution in [2.24, 2.45) is 0 Å². The van der Waals surface area contributed by atoms with Gasteiger partial charge in [0.15, 0.2) is 28.9 Å². The maximum atomic E-state index is 13.8. The average molecular weight is 605 g/mol. The number of rotatable bonds is 12. The number of carbonyl (C=O) groups is 5. The van der Waals surface area contributed by atoms with E-state index in [-0.39, 0.29) is 17.5 Å². The van der Waals surface area contributed by atoms with Gasteiger partial charge in [-0.05, 0) is 31.2 Å². The highest BCUT2D eigenvalue weighted by Crippen LogP contribution is 2.29. The molecule has 11 nitrogen and oxygen atoms in total. The van der Waals surface area contributed by atoms with E-state index in [1.54, 1.807) is 42.5 Å². The molecule has 3 aromatic rings. The minimum absolute atomic E-state index is 0.0833. The normalized spacial score (nSPS) is 11.9. The van der Waals surface area contributed by atoms with Crippen LogP contribution in [0.2, 0.25) is 0 Å². The van der Waals surface area contributed by atoms with E-state index in [1.165, 1.54) is 12.1 Å². The van der Waals surface area contributed by atoms with Crippen LogP contribution in [0.3, 0.4) is 0 Å². The van der Waals surface area contributed by atoms with Gasteiger partial charge in [-0.3, -0.25) is 24.0 Å². The Morgan fingerprint density at radius 3 is 2.07 bits per heavy atom. The van der Waals surface area contributed by atoms with Gasteiger partial charge >= 0.3 is 17.8 Å². The van der Waals surface area contributed by atoms with Gasteiger partial charge in [-0.1, -0.05) is 30.3 Å². The fourth-order valence-corrected chi connectivity index (χ4v) is 3.42. The molecule has 0 spiro atoms. The molecule has 0 unspecified atom stereocenters. The Bertz CT molecular complexity index is 1510. The van der Waals surface area contributed by atoms with Crippen molar-refractivity contribution in [3.8, 4) is 17.2 Å². The van der Waals surface area contributed by atoms with Crippen molar-refractivity contribution in [2.75, 3.05) is 11.9 Å². The smallest absolute Gasteiger partial charge is 0.313 e. The Balaban J connectivity index is 1.61. The van der Waals surface area contributed by atoms with Crippen molar-refractivity contribution in [3.63, 3.8) is 0 Å². The van der Waals surface area contributed by atoms with Crippen LogP contribution >= 0.6 is 0 Å². The van der Waals surface area contributed by atoms with E-state index < -0.39 is 83.6 Å². The number of carboxylic acids is 1. The van der Waals surface area contributed by atoms with Gasteiger partial charge in [-0.2, -0.15) is 8.78 Å². The van der Waals surface area contributed by atoms with Gasteiger partial charge in [-0.25, -0.2) is 8.78 Å². The van der Waals surface area contributed by atoms with Gasteiger partial charge < -0.3 is 30.5 Å². The molecule has 3 rings (SSSR count). The Labute approximate surface area is 240 Å². The molecule has 4 N–H and O–H groups in total. The Morgan fingerprint density at radius 2 is 1.44 bits per heavy atom. The number of nitrogens with one attached hydrogen (secondary N) is 3. The lowest BCUT2D eigenvalue weighted by Gasteiger charge is -2.20. The van der Waals surface area contributed by atoms with Crippen molar-refractivity contribution in [3.05, 3.63) is 83.9 Å². The van der Waals surface area contributed by atoms with Crippen LogP contribution < -0.4 is 25.4 Å². The minimum Gasteiger partial charge on any atom is -0.481 e. The van der Waals surface area contributed by atoms with Gasteiger partial charge in [0.2, 0.25) is 17.5 Å². The number of carboxylic acid groups (broad SMARTS) is 1. The highest BCUT2D eigenvalue weighted by Gasteiger charge is 2.29. The Morgan fingerprint density at radius 1 is 0.837 bits per heavy atom. The van der Waals surface area contributed by atoms with Crippen LogP contribution in [-0.4, -0.2) is 53.3 Å². The van der Waals surface area contributed by atoms with E-state index in [0.717, 1.165) is 6.92 Å². The first-order valence-corrected chi connectivity index (χ1v) is 12.3. The summed E-state index contributed by atoms with van der Waals surface area (Å²) >= 11 is 0. The first-order valence-electron chi connectivity index (χ1n) is 12.3. The summed E-state index contributed by atoms with van der Waals surface area (Å²) in [5, 5.41) is 15.5. The average Bonchev–Trinajstić information content (AvgIpc) is 2.96. The quantitative estimate of drug-likeness (QED) is 0.139. The first kappa shape index (κ1) is 32.0. The molecule has 0 aromatic heterocycles. The van der Waals surface area contributed by atoms with Crippen molar-refractivity contribution in [1.82, 2.24) is 10.6 Å². The van der Waals surface area contributed by atoms with Crippen LogP contribution in [0.25, 0.3) is 0 Å². The SMILES string of the molecule is C[C@H](NC(=O)C(=O)Nc1ccccc1Oc1ccccc1)C(=O)N[C@@H](CC(=O)O)C(=O)COc1c(F)c(F)cc(F)c1F. The number of carbonyl (C=O) groups excluding carboxylic acids is 4. The zero-order chi connectivity index (χ0) is 31.7. The van der Waals surface area contributed by atoms with Gasteiger partial charge in [0.25, 0.3) is 0 Å². The molecule has 0 bridgehead atoms. The molecular weight excluding hydrogens is 582 g/mol. The first-order chi connectivity index (χ1) is 20.4. The maximum Gasteiger partial charge on any atom is 0.313 e. The highest BCUT2D eigenvalue weighted by molar-refractivity contribution is 6.40. The molecule has 0 heterocycles. The molecule has 0 radical (unpaired) electrons. The molecule has 3 amide bonds. The number of ketones is 1. The Kier molecular flexibility index (Phi) is 10.8. The van der Waals surface area contributed by atoms with Crippen LogP contribution in [0.15, 0.2) is 60.7 Å². The fraction of sp³-hybridized carbons (Fsp3) is 0.179. The predicted octanol–water partition coefficient (Wildman–Crippen LogP) is 3.09. The molecular formula is C28H23F4N3O8. The molecule has 0 fully saturated rings. The number of amides is 3. The summed E-state index contributed by atoms with van der Waals surface area (Å²) in [4.78, 5) is 61.3. The molecule has 43 heavy (non-hydrogen) atoms. The lowest BCUT2D eigenvalue weighted by atomic mass is 10.1. The summed E-state index contributed by atoms with van der Waals surface area (Å²) in [7, 11) is 0. The van der Waals surface area contributed by atoms with Crippen molar-refractivity contribution >= 4 is 35.2 Å². The lowest BCUT2D eigenvalue weighted by molar-refractivity contribution is -0.141. The lowest BCUT2D eigenvalue weighted by Crippen LogP contribution is -2.53. The second-order valence-electron chi connectivity index (χ2n) is 8.77. The monoisotopic (exact) mass is 605 g/mol.